The fourth-order valence-electron chi connectivity index (χ4n) is 3.73. The Hall–Kier alpha value is -2.53. The van der Waals surface area contributed by atoms with Crippen LogP contribution in [-0.4, -0.2) is 69.5 Å². The van der Waals surface area contributed by atoms with E-state index in [0.29, 0.717) is 40.9 Å². The standard InChI is InChI=1S/C21H23ClFN5O3S/c1-12-10-27(19-16(23)8-13(9-24-19)7-14(30)11-29)5-6-28(12)21(31)26-20-25-18-15(22)3-2-4-17(18)32-20/h2-4,8-9,12,14,29-30H,5-7,10-11H2,1H3,(H,25,26,31)/t12-,14-/m0/s1. The van der Waals surface area contributed by atoms with Crippen molar-refractivity contribution >= 4 is 50.1 Å². The molecule has 11 heteroatoms. The summed E-state index contributed by atoms with van der Waals surface area (Å²) >= 11 is 7.52. The van der Waals surface area contributed by atoms with Gasteiger partial charge >= 0.3 is 6.03 Å². The van der Waals surface area contributed by atoms with Crippen LogP contribution in [0.5, 0.6) is 0 Å². The molecule has 0 radical (unpaired) electrons. The van der Waals surface area contributed by atoms with E-state index in [1.54, 1.807) is 15.9 Å². The lowest BCUT2D eigenvalue weighted by Gasteiger charge is -2.40. The molecule has 3 aromatic rings. The summed E-state index contributed by atoms with van der Waals surface area (Å²) in [5, 5.41) is 22.3. The van der Waals surface area contributed by atoms with Crippen LogP contribution in [0.2, 0.25) is 5.02 Å². The first-order valence-electron chi connectivity index (χ1n) is 10.2. The Morgan fingerprint density at radius 3 is 2.94 bits per heavy atom. The lowest BCUT2D eigenvalue weighted by atomic mass is 10.1. The normalized spacial score (nSPS) is 17.6. The van der Waals surface area contributed by atoms with Crippen molar-refractivity contribution in [1.29, 1.82) is 0 Å². The third-order valence-electron chi connectivity index (χ3n) is 5.33. The highest BCUT2D eigenvalue weighted by Crippen LogP contribution is 2.31. The maximum absolute atomic E-state index is 14.6. The number of aromatic nitrogens is 2. The number of nitrogens with zero attached hydrogens (tertiary/aromatic N) is 4. The Morgan fingerprint density at radius 1 is 1.44 bits per heavy atom. The molecule has 1 fully saturated rings. The zero-order valence-corrected chi connectivity index (χ0v) is 18.9. The van der Waals surface area contributed by atoms with Crippen molar-refractivity contribution in [2.24, 2.45) is 0 Å². The molecule has 2 amide bonds. The molecule has 32 heavy (non-hydrogen) atoms. The van der Waals surface area contributed by atoms with Gasteiger partial charge in [0.1, 0.15) is 5.52 Å². The number of carbonyl (C=O) groups is 1. The van der Waals surface area contributed by atoms with Gasteiger partial charge in [-0.05, 0) is 30.7 Å². The molecule has 1 aliphatic rings. The Kier molecular flexibility index (Phi) is 6.75. The van der Waals surface area contributed by atoms with E-state index in [1.807, 2.05) is 19.1 Å². The van der Waals surface area contributed by atoms with E-state index in [9.17, 15) is 14.3 Å². The number of thiazole rings is 1. The molecule has 0 spiro atoms. The summed E-state index contributed by atoms with van der Waals surface area (Å²) in [5.41, 5.74) is 1.17. The van der Waals surface area contributed by atoms with Gasteiger partial charge in [0.25, 0.3) is 0 Å². The van der Waals surface area contributed by atoms with Gasteiger partial charge in [-0.1, -0.05) is 29.0 Å². The number of pyridine rings is 1. The molecular weight excluding hydrogens is 457 g/mol. The van der Waals surface area contributed by atoms with Gasteiger partial charge < -0.3 is 20.0 Å². The zero-order valence-electron chi connectivity index (χ0n) is 17.3. The molecule has 170 valence electrons. The van der Waals surface area contributed by atoms with Gasteiger partial charge in [-0.2, -0.15) is 0 Å². The number of piperazine rings is 1. The maximum atomic E-state index is 14.6. The first-order valence-corrected chi connectivity index (χ1v) is 11.4. The fourth-order valence-corrected chi connectivity index (χ4v) is 4.89. The second-order valence-corrected chi connectivity index (χ2v) is 9.15. The minimum atomic E-state index is -0.949. The molecule has 0 bridgehead atoms. The van der Waals surface area contributed by atoms with Crippen molar-refractivity contribution < 1.29 is 19.4 Å². The van der Waals surface area contributed by atoms with Crippen LogP contribution in [0.25, 0.3) is 10.2 Å². The van der Waals surface area contributed by atoms with Crippen LogP contribution in [0, 0.1) is 5.82 Å². The molecule has 0 unspecified atom stereocenters. The molecule has 1 aromatic carbocycles. The van der Waals surface area contributed by atoms with Crippen molar-refractivity contribution in [3.8, 4) is 0 Å². The molecule has 4 rings (SSSR count). The third-order valence-corrected chi connectivity index (χ3v) is 6.57. The number of carbonyl (C=O) groups excluding carboxylic acids is 1. The van der Waals surface area contributed by atoms with Gasteiger partial charge in [-0.15, -0.1) is 0 Å². The smallest absolute Gasteiger partial charge is 0.324 e. The van der Waals surface area contributed by atoms with Crippen molar-refractivity contribution in [3.63, 3.8) is 0 Å². The number of fused-ring (bicyclic) bond motifs is 1. The number of anilines is 2. The molecule has 0 aliphatic carbocycles. The van der Waals surface area contributed by atoms with Crippen LogP contribution in [0.15, 0.2) is 30.5 Å². The van der Waals surface area contributed by atoms with E-state index in [2.05, 4.69) is 15.3 Å². The zero-order chi connectivity index (χ0) is 22.8. The lowest BCUT2D eigenvalue weighted by Crippen LogP contribution is -2.55. The molecule has 2 aromatic heterocycles. The first-order chi connectivity index (χ1) is 15.4. The molecule has 2 atom stereocenters. The Morgan fingerprint density at radius 2 is 2.25 bits per heavy atom. The minimum Gasteiger partial charge on any atom is -0.394 e. The largest absolute Gasteiger partial charge is 0.394 e. The Balaban J connectivity index is 1.40. The molecule has 8 nitrogen and oxygen atoms in total. The number of para-hydroxylation sites is 1. The minimum absolute atomic E-state index is 0.127. The van der Waals surface area contributed by atoms with E-state index in [0.717, 1.165) is 4.70 Å². The lowest BCUT2D eigenvalue weighted by molar-refractivity contribution is 0.0954. The Labute approximate surface area is 193 Å². The predicted molar refractivity (Wildman–Crippen MR) is 123 cm³/mol. The van der Waals surface area contributed by atoms with Gasteiger partial charge in [-0.3, -0.25) is 5.32 Å². The van der Waals surface area contributed by atoms with E-state index in [4.69, 9.17) is 16.7 Å². The number of aliphatic hydroxyl groups excluding tert-OH is 2. The summed E-state index contributed by atoms with van der Waals surface area (Å²) in [6.45, 7) is 2.73. The molecular formula is C21H23ClFN5O3S. The van der Waals surface area contributed by atoms with Crippen molar-refractivity contribution in [3.05, 3.63) is 46.9 Å². The molecule has 1 aliphatic heterocycles. The van der Waals surface area contributed by atoms with E-state index >= 15 is 0 Å². The molecule has 3 N–H and O–H groups in total. The first kappa shape index (κ1) is 22.7. The van der Waals surface area contributed by atoms with Gasteiger partial charge in [-0.25, -0.2) is 19.2 Å². The summed E-state index contributed by atoms with van der Waals surface area (Å²) in [7, 11) is 0. The van der Waals surface area contributed by atoms with E-state index in [1.165, 1.54) is 23.6 Å². The monoisotopic (exact) mass is 479 g/mol. The summed E-state index contributed by atoms with van der Waals surface area (Å²) in [5.74, 6) is -0.288. The topological polar surface area (TPSA) is 102 Å². The van der Waals surface area contributed by atoms with E-state index in [-0.39, 0.29) is 24.3 Å². The van der Waals surface area contributed by atoms with Crippen molar-refractivity contribution in [1.82, 2.24) is 14.9 Å². The molecule has 1 saturated heterocycles. The van der Waals surface area contributed by atoms with Crippen LogP contribution in [0.3, 0.4) is 0 Å². The highest BCUT2D eigenvalue weighted by molar-refractivity contribution is 7.22. The number of hydrogen-bond donors (Lipinski definition) is 3. The SMILES string of the molecule is C[C@H]1CN(c2ncc(C[C@H](O)CO)cc2F)CCN1C(=O)Nc1nc2c(Cl)cccc2s1. The maximum Gasteiger partial charge on any atom is 0.324 e. The van der Waals surface area contributed by atoms with Gasteiger partial charge in [0.05, 0.1) is 22.4 Å². The van der Waals surface area contributed by atoms with Gasteiger partial charge in [0.15, 0.2) is 16.8 Å². The number of aliphatic hydroxyl groups is 2. The van der Waals surface area contributed by atoms with Crippen molar-refractivity contribution in [2.45, 2.75) is 25.5 Å². The average Bonchev–Trinajstić information content (AvgIpc) is 3.17. The van der Waals surface area contributed by atoms with Gasteiger partial charge in [0.2, 0.25) is 0 Å². The predicted octanol–water partition coefficient (Wildman–Crippen LogP) is 3.12. The van der Waals surface area contributed by atoms with Crippen LogP contribution >= 0.6 is 22.9 Å². The number of benzene rings is 1. The van der Waals surface area contributed by atoms with Crippen LogP contribution in [0.4, 0.5) is 20.1 Å². The number of rotatable bonds is 5. The van der Waals surface area contributed by atoms with Gasteiger partial charge in [0, 0.05) is 38.3 Å². The van der Waals surface area contributed by atoms with E-state index < -0.39 is 18.5 Å². The highest BCUT2D eigenvalue weighted by Gasteiger charge is 2.30. The number of halogens is 2. The summed E-state index contributed by atoms with van der Waals surface area (Å²) in [4.78, 5) is 24.9. The second kappa shape index (κ2) is 9.53. The number of urea groups is 1. The fraction of sp³-hybridized carbons (Fsp3) is 0.381. The summed E-state index contributed by atoms with van der Waals surface area (Å²) < 4.78 is 15.5. The highest BCUT2D eigenvalue weighted by atomic mass is 35.5. The number of hydrogen-bond acceptors (Lipinski definition) is 7. The molecule has 3 heterocycles. The summed E-state index contributed by atoms with van der Waals surface area (Å²) in [6, 6.07) is 6.36. The second-order valence-electron chi connectivity index (χ2n) is 7.71. The third kappa shape index (κ3) is 4.78. The average molecular weight is 480 g/mol. The quantitative estimate of drug-likeness (QED) is 0.519. The number of nitrogens with one attached hydrogen (secondary N) is 1. The van der Waals surface area contributed by atoms with Crippen LogP contribution in [-0.2, 0) is 6.42 Å². The van der Waals surface area contributed by atoms with Crippen LogP contribution < -0.4 is 10.2 Å². The van der Waals surface area contributed by atoms with Crippen LogP contribution in [0.1, 0.15) is 12.5 Å². The molecule has 0 saturated carbocycles. The summed E-state index contributed by atoms with van der Waals surface area (Å²) in [6.07, 6.45) is 0.678. The Bertz CT molecular complexity index is 1130. The number of amides is 2. The van der Waals surface area contributed by atoms with Crippen molar-refractivity contribution in [2.75, 3.05) is 36.5 Å².